The van der Waals surface area contributed by atoms with E-state index in [1.54, 1.807) is 16.2 Å². The fourth-order valence-corrected chi connectivity index (χ4v) is 2.77. The average molecular weight is 297 g/mol. The zero-order valence-corrected chi connectivity index (χ0v) is 13.2. The first-order valence-electron chi connectivity index (χ1n) is 7.02. The lowest BCUT2D eigenvalue weighted by Crippen LogP contribution is -2.49. The second kappa shape index (κ2) is 6.54. The van der Waals surface area contributed by atoms with E-state index in [1.165, 1.54) is 0 Å². The lowest BCUT2D eigenvalue weighted by Gasteiger charge is -2.34. The second-order valence-electron chi connectivity index (χ2n) is 6.13. The number of nitrogens with one attached hydrogen (secondary N) is 1. The Morgan fingerprint density at radius 3 is 3.05 bits per heavy atom. The molecule has 1 fully saturated rings. The van der Waals surface area contributed by atoms with Gasteiger partial charge in [-0.05, 0) is 33.6 Å². The first-order chi connectivity index (χ1) is 9.44. The first kappa shape index (κ1) is 15.3. The van der Waals surface area contributed by atoms with Crippen LogP contribution >= 0.6 is 11.3 Å². The highest BCUT2D eigenvalue weighted by atomic mass is 32.1. The fraction of sp³-hybridized carbons (Fsp3) is 0.714. The lowest BCUT2D eigenvalue weighted by atomic mass is 10.1. The van der Waals surface area contributed by atoms with Gasteiger partial charge in [0.25, 0.3) is 0 Å². The summed E-state index contributed by atoms with van der Waals surface area (Å²) in [6.07, 6.45) is 1.88. The van der Waals surface area contributed by atoms with Crippen LogP contribution < -0.4 is 5.32 Å². The van der Waals surface area contributed by atoms with Gasteiger partial charge >= 0.3 is 6.09 Å². The number of nitrogens with zero attached hydrogens (tertiary/aromatic N) is 2. The topological polar surface area (TPSA) is 54.5 Å². The van der Waals surface area contributed by atoms with Gasteiger partial charge in [0, 0.05) is 31.1 Å². The summed E-state index contributed by atoms with van der Waals surface area (Å²) in [6.45, 7) is 7.94. The minimum absolute atomic E-state index is 0.211. The van der Waals surface area contributed by atoms with Gasteiger partial charge < -0.3 is 15.0 Å². The molecule has 1 atom stereocenters. The van der Waals surface area contributed by atoms with Crippen molar-refractivity contribution in [1.82, 2.24) is 15.2 Å². The zero-order chi connectivity index (χ0) is 14.6. The number of carbonyl (C=O) groups excluding carboxylic acids is 1. The fourth-order valence-electron chi connectivity index (χ4n) is 2.21. The molecule has 0 saturated carbocycles. The summed E-state index contributed by atoms with van der Waals surface area (Å²) in [4.78, 5) is 18.1. The summed E-state index contributed by atoms with van der Waals surface area (Å²) in [5.41, 5.74) is 2.47. The van der Waals surface area contributed by atoms with Gasteiger partial charge in [-0.3, -0.25) is 0 Å². The molecule has 2 rings (SSSR count). The largest absolute Gasteiger partial charge is 0.444 e. The number of carbonyl (C=O) groups is 1. The van der Waals surface area contributed by atoms with E-state index in [4.69, 9.17) is 4.74 Å². The molecule has 0 bridgehead atoms. The molecule has 1 aliphatic heterocycles. The van der Waals surface area contributed by atoms with Crippen molar-refractivity contribution in [2.24, 2.45) is 0 Å². The van der Waals surface area contributed by atoms with Crippen molar-refractivity contribution in [2.45, 2.75) is 51.8 Å². The van der Waals surface area contributed by atoms with E-state index in [9.17, 15) is 4.79 Å². The molecule has 1 aromatic rings. The standard InChI is InChI=1S/C14H23N3O2S/c1-14(2,3)19-13(18)17-6-4-5-11(8-17)15-7-12-9-20-10-16-12/h9-11,15H,4-8H2,1-3H3. The van der Waals surface area contributed by atoms with Gasteiger partial charge in [-0.2, -0.15) is 0 Å². The van der Waals surface area contributed by atoms with Crippen LogP contribution in [0.5, 0.6) is 0 Å². The van der Waals surface area contributed by atoms with Crippen molar-refractivity contribution in [3.05, 3.63) is 16.6 Å². The number of ether oxygens (including phenoxy) is 1. The number of aromatic nitrogens is 1. The van der Waals surface area contributed by atoms with Crippen molar-refractivity contribution in [3.8, 4) is 0 Å². The van der Waals surface area contributed by atoms with Gasteiger partial charge in [-0.1, -0.05) is 0 Å². The second-order valence-corrected chi connectivity index (χ2v) is 6.84. The summed E-state index contributed by atoms with van der Waals surface area (Å²) >= 11 is 1.60. The quantitative estimate of drug-likeness (QED) is 0.932. The molecule has 1 aliphatic rings. The molecule has 2 heterocycles. The molecule has 5 nitrogen and oxygen atoms in total. The SMILES string of the molecule is CC(C)(C)OC(=O)N1CCCC(NCc2cscn2)C1. The molecule has 20 heavy (non-hydrogen) atoms. The molecule has 0 radical (unpaired) electrons. The Morgan fingerprint density at radius 1 is 1.60 bits per heavy atom. The Labute approximate surface area is 124 Å². The highest BCUT2D eigenvalue weighted by molar-refractivity contribution is 7.07. The van der Waals surface area contributed by atoms with Crippen LogP contribution in [0.2, 0.25) is 0 Å². The summed E-state index contributed by atoms with van der Waals surface area (Å²) in [5, 5.41) is 5.51. The van der Waals surface area contributed by atoms with E-state index in [2.05, 4.69) is 10.3 Å². The molecule has 1 N–H and O–H groups in total. The average Bonchev–Trinajstić information content (AvgIpc) is 2.88. The van der Waals surface area contributed by atoms with Crippen molar-refractivity contribution in [3.63, 3.8) is 0 Å². The van der Waals surface area contributed by atoms with Crippen molar-refractivity contribution >= 4 is 17.4 Å². The van der Waals surface area contributed by atoms with Crippen molar-refractivity contribution in [1.29, 1.82) is 0 Å². The third kappa shape index (κ3) is 4.76. The van der Waals surface area contributed by atoms with Crippen molar-refractivity contribution in [2.75, 3.05) is 13.1 Å². The maximum atomic E-state index is 12.1. The predicted octanol–water partition coefficient (Wildman–Crippen LogP) is 2.63. The van der Waals surface area contributed by atoms with Crippen molar-refractivity contribution < 1.29 is 9.53 Å². The molecular formula is C14H23N3O2S. The van der Waals surface area contributed by atoms with Gasteiger partial charge in [0.2, 0.25) is 0 Å². The Morgan fingerprint density at radius 2 is 2.40 bits per heavy atom. The van der Waals surface area contributed by atoms with Gasteiger partial charge in [0.05, 0.1) is 11.2 Å². The highest BCUT2D eigenvalue weighted by Crippen LogP contribution is 2.15. The maximum absolute atomic E-state index is 12.1. The first-order valence-corrected chi connectivity index (χ1v) is 7.97. The van der Waals surface area contributed by atoms with E-state index < -0.39 is 5.60 Å². The van der Waals surface area contributed by atoms with Gasteiger partial charge in [-0.15, -0.1) is 11.3 Å². The summed E-state index contributed by atoms with van der Waals surface area (Å²) in [7, 11) is 0. The van der Waals surface area contributed by atoms with E-state index in [1.807, 2.05) is 31.7 Å². The molecule has 1 amide bonds. The van der Waals surface area contributed by atoms with E-state index in [-0.39, 0.29) is 6.09 Å². The van der Waals surface area contributed by atoms with E-state index >= 15 is 0 Å². The molecule has 0 aliphatic carbocycles. The minimum Gasteiger partial charge on any atom is -0.444 e. The molecule has 0 aromatic carbocycles. The number of likely N-dealkylation sites (tertiary alicyclic amines) is 1. The monoisotopic (exact) mass is 297 g/mol. The number of thiazole rings is 1. The Hall–Kier alpha value is -1.14. The smallest absolute Gasteiger partial charge is 0.410 e. The molecule has 1 unspecified atom stereocenters. The number of hydrogen-bond acceptors (Lipinski definition) is 5. The molecule has 1 aromatic heterocycles. The van der Waals surface area contributed by atoms with Gasteiger partial charge in [0.15, 0.2) is 0 Å². The van der Waals surface area contributed by atoms with Crippen LogP contribution in [0.15, 0.2) is 10.9 Å². The van der Waals surface area contributed by atoms with E-state index in [0.717, 1.165) is 31.6 Å². The summed E-state index contributed by atoms with van der Waals surface area (Å²) in [5.74, 6) is 0. The number of hydrogen-bond donors (Lipinski definition) is 1. The normalized spacial score (nSPS) is 19.9. The van der Waals surface area contributed by atoms with Crippen LogP contribution in [-0.2, 0) is 11.3 Å². The highest BCUT2D eigenvalue weighted by Gasteiger charge is 2.27. The van der Waals surface area contributed by atoms with Crippen LogP contribution in [0.25, 0.3) is 0 Å². The summed E-state index contributed by atoms with van der Waals surface area (Å²) < 4.78 is 5.42. The van der Waals surface area contributed by atoms with Crippen LogP contribution in [-0.4, -0.2) is 40.7 Å². The number of piperidine rings is 1. The third-order valence-electron chi connectivity index (χ3n) is 3.13. The lowest BCUT2D eigenvalue weighted by molar-refractivity contribution is 0.0187. The molecule has 6 heteroatoms. The molecular weight excluding hydrogens is 274 g/mol. The number of amides is 1. The van der Waals surface area contributed by atoms with Crippen LogP contribution in [0.1, 0.15) is 39.3 Å². The van der Waals surface area contributed by atoms with E-state index in [0.29, 0.717) is 12.6 Å². The molecule has 0 spiro atoms. The van der Waals surface area contributed by atoms with Crippen LogP contribution in [0.3, 0.4) is 0 Å². The Balaban J connectivity index is 1.80. The maximum Gasteiger partial charge on any atom is 0.410 e. The Bertz CT molecular complexity index is 428. The minimum atomic E-state index is -0.432. The van der Waals surface area contributed by atoms with Gasteiger partial charge in [-0.25, -0.2) is 9.78 Å². The van der Waals surface area contributed by atoms with Gasteiger partial charge in [0.1, 0.15) is 5.60 Å². The predicted molar refractivity (Wildman–Crippen MR) is 79.8 cm³/mol. The molecule has 112 valence electrons. The summed E-state index contributed by atoms with van der Waals surface area (Å²) in [6, 6.07) is 0.318. The third-order valence-corrected chi connectivity index (χ3v) is 3.76. The molecule has 1 saturated heterocycles. The zero-order valence-electron chi connectivity index (χ0n) is 12.4. The Kier molecular flexibility index (Phi) is 4.99. The van der Waals surface area contributed by atoms with Crippen LogP contribution in [0.4, 0.5) is 4.79 Å². The van der Waals surface area contributed by atoms with Crippen LogP contribution in [0, 0.1) is 0 Å². The number of rotatable bonds is 3.